The zero-order valence-corrected chi connectivity index (χ0v) is 24.5. The summed E-state index contributed by atoms with van der Waals surface area (Å²) in [6.07, 6.45) is 6.27. The fraction of sp³-hybridized carbons (Fsp3) is 0.250. The lowest BCUT2D eigenvalue weighted by molar-refractivity contribution is -0.192. The van der Waals surface area contributed by atoms with Crippen LogP contribution in [0.4, 0.5) is 0 Å². The summed E-state index contributed by atoms with van der Waals surface area (Å²) in [5.41, 5.74) is 4.61. The molecule has 5 heteroatoms. The van der Waals surface area contributed by atoms with Crippen molar-refractivity contribution in [2.24, 2.45) is 4.76 Å². The average molecular weight is 558 g/mol. The van der Waals surface area contributed by atoms with Gasteiger partial charge in [0.05, 0.1) is 31.4 Å². The van der Waals surface area contributed by atoms with E-state index in [0.717, 1.165) is 31.2 Å². The van der Waals surface area contributed by atoms with E-state index in [4.69, 9.17) is 4.76 Å². The summed E-state index contributed by atoms with van der Waals surface area (Å²) >= 11 is 0. The number of nitrogens with zero attached hydrogens (tertiary/aromatic N) is 3. The fourth-order valence-corrected chi connectivity index (χ4v) is 9.71. The van der Waals surface area contributed by atoms with E-state index in [1.807, 2.05) is 6.21 Å². The van der Waals surface area contributed by atoms with Gasteiger partial charge in [0.1, 0.15) is 0 Å². The van der Waals surface area contributed by atoms with Crippen LogP contribution in [-0.4, -0.2) is 27.6 Å². The minimum atomic E-state index is -3.32. The lowest BCUT2D eigenvalue weighted by Gasteiger charge is -2.36. The van der Waals surface area contributed by atoms with Crippen LogP contribution < -0.4 is 4.89 Å². The molecule has 1 heterocycles. The quantitative estimate of drug-likeness (QED) is 0.157. The van der Waals surface area contributed by atoms with Gasteiger partial charge in [-0.15, -0.1) is 14.1 Å². The molecule has 1 saturated carbocycles. The van der Waals surface area contributed by atoms with E-state index >= 15 is 4.89 Å². The maximum Gasteiger partial charge on any atom is 0.238 e. The number of benzene rings is 5. The van der Waals surface area contributed by atoms with Crippen molar-refractivity contribution < 1.29 is 4.89 Å². The number of aryl methyl sites for hydroxylation is 1. The minimum absolute atomic E-state index is 0.207. The second-order valence-electron chi connectivity index (χ2n) is 11.6. The number of hydrogen-bond acceptors (Lipinski definition) is 4. The van der Waals surface area contributed by atoms with Crippen LogP contribution >= 0.6 is 7.94 Å². The van der Waals surface area contributed by atoms with Crippen molar-refractivity contribution in [3.63, 3.8) is 0 Å². The van der Waals surface area contributed by atoms with Crippen molar-refractivity contribution >= 4 is 35.7 Å². The van der Waals surface area contributed by atoms with E-state index in [2.05, 4.69) is 125 Å². The van der Waals surface area contributed by atoms with Crippen LogP contribution in [0.25, 0.3) is 21.5 Å². The third-order valence-corrected chi connectivity index (χ3v) is 11.6. The second kappa shape index (κ2) is 11.1. The van der Waals surface area contributed by atoms with Crippen LogP contribution in [0.5, 0.6) is 0 Å². The highest BCUT2D eigenvalue weighted by Gasteiger charge is 2.59. The van der Waals surface area contributed by atoms with Crippen LogP contribution in [-0.2, 0) is 13.1 Å². The predicted octanol–water partition coefficient (Wildman–Crippen LogP) is 8.09. The van der Waals surface area contributed by atoms with E-state index < -0.39 is 7.94 Å². The lowest BCUT2D eigenvalue weighted by atomic mass is 9.89. The first-order valence-electron chi connectivity index (χ1n) is 14.8. The van der Waals surface area contributed by atoms with Gasteiger partial charge in [0.25, 0.3) is 0 Å². The molecule has 2 aliphatic rings. The molecule has 2 atom stereocenters. The zero-order valence-electron chi connectivity index (χ0n) is 23.6. The number of rotatable bonds is 6. The third-order valence-electron chi connectivity index (χ3n) is 8.99. The topological polar surface area (TPSA) is 41.9 Å². The highest BCUT2D eigenvalue weighted by atomic mass is 31.2. The zero-order chi connectivity index (χ0) is 27.8. The van der Waals surface area contributed by atoms with E-state index in [1.165, 1.54) is 38.2 Å². The Kier molecular flexibility index (Phi) is 7.18. The Morgan fingerprint density at radius 3 is 1.71 bits per heavy atom. The molecule has 1 saturated heterocycles. The minimum Gasteiger partial charge on any atom is -0.630 e. The van der Waals surface area contributed by atoms with Gasteiger partial charge in [-0.25, -0.2) is 0 Å². The largest absolute Gasteiger partial charge is 0.630 e. The van der Waals surface area contributed by atoms with Gasteiger partial charge in [0, 0.05) is 0 Å². The molecule has 2 fully saturated rings. The van der Waals surface area contributed by atoms with Gasteiger partial charge in [-0.2, -0.15) is 0 Å². The first kappa shape index (κ1) is 26.5. The highest BCUT2D eigenvalue weighted by Crippen LogP contribution is 2.69. The number of fused-ring (bicyclic) bond motifs is 3. The fourth-order valence-electron chi connectivity index (χ4n) is 6.88. The van der Waals surface area contributed by atoms with Crippen LogP contribution in [0.15, 0.2) is 114 Å². The summed E-state index contributed by atoms with van der Waals surface area (Å²) in [5, 5.41) is 4.89. The molecule has 5 aromatic rings. The number of hydrogen-bond donors (Lipinski definition) is 0. The summed E-state index contributed by atoms with van der Waals surface area (Å²) in [4.78, 5) is 15.6. The first-order chi connectivity index (χ1) is 20.1. The van der Waals surface area contributed by atoms with Gasteiger partial charge < -0.3 is 4.89 Å². The van der Waals surface area contributed by atoms with Gasteiger partial charge >= 0.3 is 0 Å². The Hall–Kier alpha value is -3.40. The molecule has 0 bridgehead atoms. The monoisotopic (exact) mass is 557 g/mol. The van der Waals surface area contributed by atoms with E-state index in [0.29, 0.717) is 13.1 Å². The molecule has 0 radical (unpaired) electrons. The Morgan fingerprint density at radius 2 is 1.17 bits per heavy atom. The normalized spacial score (nSPS) is 21.1. The molecule has 1 aliphatic heterocycles. The van der Waals surface area contributed by atoms with Crippen LogP contribution in [0.2, 0.25) is 0 Å². The Balaban J connectivity index is 1.34. The molecule has 0 amide bonds. The Bertz CT molecular complexity index is 1610. The van der Waals surface area contributed by atoms with Crippen molar-refractivity contribution in [2.75, 3.05) is 0 Å². The van der Waals surface area contributed by atoms with Crippen LogP contribution in [0.3, 0.4) is 0 Å². The molecular weight excluding hydrogens is 521 g/mol. The van der Waals surface area contributed by atoms with Gasteiger partial charge in [0.2, 0.25) is 7.94 Å². The standard InChI is InChI=1S/C36H36N3OP/c1-27-20-22-28(23-21-27)24-37-41(40)38(25-31-14-8-12-29-10-2-4-16-33(29)31)35-18-6-7-19-36(35)39(41)26-32-15-9-13-30-11-3-5-17-34(30)32/h2-5,8-17,20-24,35-36H,6-7,18-19,25-26H2,1H3/b37-24+/t35-,36-/m1/s1. The van der Waals surface area contributed by atoms with Crippen molar-refractivity contribution in [1.82, 2.24) is 9.34 Å². The maximum atomic E-state index is 15.6. The van der Waals surface area contributed by atoms with Crippen molar-refractivity contribution in [3.8, 4) is 0 Å². The molecule has 7 rings (SSSR count). The molecule has 0 unspecified atom stereocenters. The lowest BCUT2D eigenvalue weighted by Crippen LogP contribution is -2.39. The summed E-state index contributed by atoms with van der Waals surface area (Å²) in [5.74, 6) is 0. The van der Waals surface area contributed by atoms with Crippen LogP contribution in [0, 0.1) is 6.92 Å². The molecule has 0 N–H and O–H groups in total. The summed E-state index contributed by atoms with van der Waals surface area (Å²) in [7, 11) is -3.32. The molecular formula is C36H36N3OP. The molecule has 1 aliphatic carbocycles. The van der Waals surface area contributed by atoms with Gasteiger partial charge in [-0.3, -0.25) is 0 Å². The SMILES string of the molecule is Cc1ccc(/C=N/[P+]2([O-])N(Cc3cccc4ccccc34)[C@@H]3CCCC[C@H]3N2Cc2cccc3ccccc23)cc1. The molecule has 5 aromatic carbocycles. The summed E-state index contributed by atoms with van der Waals surface area (Å²) in [6, 6.07) is 38.8. The summed E-state index contributed by atoms with van der Waals surface area (Å²) < 4.78 is 9.65. The van der Waals surface area contributed by atoms with Crippen molar-refractivity contribution in [1.29, 1.82) is 0 Å². The molecule has 0 aromatic heterocycles. The summed E-state index contributed by atoms with van der Waals surface area (Å²) in [6.45, 7) is 3.33. The van der Waals surface area contributed by atoms with E-state index in [-0.39, 0.29) is 12.1 Å². The Morgan fingerprint density at radius 1 is 0.683 bits per heavy atom. The van der Waals surface area contributed by atoms with E-state index in [9.17, 15) is 0 Å². The molecule has 41 heavy (non-hydrogen) atoms. The van der Waals surface area contributed by atoms with Gasteiger partial charge in [-0.1, -0.05) is 128 Å². The maximum absolute atomic E-state index is 15.6. The first-order valence-corrected chi connectivity index (χ1v) is 16.4. The third kappa shape index (κ3) is 5.00. The predicted molar refractivity (Wildman–Crippen MR) is 171 cm³/mol. The van der Waals surface area contributed by atoms with Gasteiger partial charge in [-0.05, 0) is 58.0 Å². The van der Waals surface area contributed by atoms with Gasteiger partial charge in [0.15, 0.2) is 0 Å². The van der Waals surface area contributed by atoms with Crippen molar-refractivity contribution in [3.05, 3.63) is 131 Å². The smallest absolute Gasteiger partial charge is 0.238 e. The average Bonchev–Trinajstić information content (AvgIpc) is 3.24. The molecule has 4 nitrogen and oxygen atoms in total. The second-order valence-corrected chi connectivity index (χ2v) is 13.8. The molecule has 0 spiro atoms. The van der Waals surface area contributed by atoms with Crippen molar-refractivity contribution in [2.45, 2.75) is 57.8 Å². The highest BCUT2D eigenvalue weighted by molar-refractivity contribution is 7.63. The van der Waals surface area contributed by atoms with E-state index in [1.54, 1.807) is 0 Å². The van der Waals surface area contributed by atoms with Crippen LogP contribution in [0.1, 0.15) is 47.9 Å². The Labute approximate surface area is 243 Å². The molecule has 206 valence electrons.